The topological polar surface area (TPSA) is 67.2 Å². The second kappa shape index (κ2) is 12.0. The van der Waals surface area contributed by atoms with E-state index >= 15 is 0 Å². The van der Waals surface area contributed by atoms with Crippen LogP contribution in [0.3, 0.4) is 0 Å². The molecule has 0 bridgehead atoms. The van der Waals surface area contributed by atoms with E-state index in [2.05, 4.69) is 28.2 Å². The highest BCUT2D eigenvalue weighted by Gasteiger charge is 2.28. The van der Waals surface area contributed by atoms with Crippen LogP contribution in [0.4, 0.5) is 4.79 Å². The largest absolute Gasteiger partial charge is 0.334 e. The number of nitrogens with zero attached hydrogens (tertiary/aromatic N) is 3. The molecular formula is C29H31BrN4O2. The van der Waals surface area contributed by atoms with Crippen LogP contribution >= 0.6 is 15.9 Å². The molecule has 1 unspecified atom stereocenters. The number of carbonyl (C=O) groups excluding carboxylic acids is 1. The number of fused-ring (bicyclic) bond motifs is 1. The van der Waals surface area contributed by atoms with Gasteiger partial charge < -0.3 is 10.2 Å². The van der Waals surface area contributed by atoms with Crippen molar-refractivity contribution >= 4 is 32.9 Å². The number of nitrogens with one attached hydrogen (secondary N) is 1. The van der Waals surface area contributed by atoms with Crippen LogP contribution in [0.1, 0.15) is 50.5 Å². The van der Waals surface area contributed by atoms with Gasteiger partial charge in [0.15, 0.2) is 0 Å². The molecule has 0 spiro atoms. The molecule has 3 aromatic carbocycles. The Hall–Kier alpha value is -3.45. The molecule has 0 aliphatic heterocycles. The van der Waals surface area contributed by atoms with Crippen LogP contribution in [-0.2, 0) is 6.54 Å². The van der Waals surface area contributed by atoms with Crippen molar-refractivity contribution in [1.82, 2.24) is 19.8 Å². The normalized spacial score (nSPS) is 11.9. The summed E-state index contributed by atoms with van der Waals surface area (Å²) in [5, 5.41) is 3.63. The van der Waals surface area contributed by atoms with E-state index in [0.29, 0.717) is 36.2 Å². The molecule has 0 aliphatic carbocycles. The molecule has 1 aromatic heterocycles. The summed E-state index contributed by atoms with van der Waals surface area (Å²) in [6.07, 6.45) is 2.42. The fourth-order valence-electron chi connectivity index (χ4n) is 4.36. The minimum absolute atomic E-state index is 0.142. The molecule has 0 aliphatic rings. The molecule has 36 heavy (non-hydrogen) atoms. The van der Waals surface area contributed by atoms with Gasteiger partial charge in [0.25, 0.3) is 5.56 Å². The molecule has 7 heteroatoms. The van der Waals surface area contributed by atoms with Crippen LogP contribution in [0, 0.1) is 0 Å². The second-order valence-electron chi connectivity index (χ2n) is 8.72. The Morgan fingerprint density at radius 2 is 1.69 bits per heavy atom. The number of halogens is 1. The van der Waals surface area contributed by atoms with E-state index in [9.17, 15) is 9.59 Å². The lowest BCUT2D eigenvalue weighted by atomic mass is 10.1. The maximum absolute atomic E-state index is 13.8. The second-order valence-corrected chi connectivity index (χ2v) is 9.64. The summed E-state index contributed by atoms with van der Waals surface area (Å²) in [4.78, 5) is 34.1. The number of aromatic nitrogens is 2. The number of para-hydroxylation sites is 1. The van der Waals surface area contributed by atoms with Crippen LogP contribution in [0.5, 0.6) is 0 Å². The van der Waals surface area contributed by atoms with E-state index in [-0.39, 0.29) is 17.6 Å². The lowest BCUT2D eigenvalue weighted by Gasteiger charge is -2.32. The van der Waals surface area contributed by atoms with Gasteiger partial charge >= 0.3 is 6.03 Å². The molecule has 2 amide bonds. The molecule has 0 saturated heterocycles. The molecule has 4 aromatic rings. The number of hydrogen-bond acceptors (Lipinski definition) is 3. The van der Waals surface area contributed by atoms with Crippen molar-refractivity contribution in [3.05, 3.63) is 105 Å². The Morgan fingerprint density at radius 3 is 2.39 bits per heavy atom. The van der Waals surface area contributed by atoms with Crippen molar-refractivity contribution in [1.29, 1.82) is 0 Å². The Balaban J connectivity index is 1.80. The molecule has 0 fully saturated rings. The first kappa shape index (κ1) is 25.6. The third-order valence-electron chi connectivity index (χ3n) is 6.25. The number of carbonyl (C=O) groups is 1. The molecule has 0 saturated carbocycles. The molecule has 6 nitrogen and oxygen atoms in total. The number of hydrogen-bond donors (Lipinski definition) is 1. The fourth-order valence-corrected chi connectivity index (χ4v) is 4.62. The van der Waals surface area contributed by atoms with Gasteiger partial charge in [-0.3, -0.25) is 9.36 Å². The molecule has 186 valence electrons. The predicted octanol–water partition coefficient (Wildman–Crippen LogP) is 6.61. The first-order valence-electron chi connectivity index (χ1n) is 12.4. The SMILES string of the molecule is CCCCN(C(=O)NCc1ccccc1)C(CC)c1nc2ccccc2c(=O)n1-c1ccc(Br)cc1. The molecule has 4 rings (SSSR count). The molecule has 1 N–H and O–H groups in total. The average molecular weight is 547 g/mol. The van der Waals surface area contributed by atoms with Crippen LogP contribution in [0.15, 0.2) is 88.1 Å². The van der Waals surface area contributed by atoms with Crippen molar-refractivity contribution in [2.24, 2.45) is 0 Å². The van der Waals surface area contributed by atoms with Crippen molar-refractivity contribution < 1.29 is 4.79 Å². The number of unbranched alkanes of at least 4 members (excludes halogenated alkanes) is 1. The fraction of sp³-hybridized carbons (Fsp3) is 0.276. The van der Waals surface area contributed by atoms with Gasteiger partial charge in [0.05, 0.1) is 22.6 Å². The zero-order valence-electron chi connectivity index (χ0n) is 20.7. The monoisotopic (exact) mass is 546 g/mol. The van der Waals surface area contributed by atoms with Gasteiger partial charge in [-0.2, -0.15) is 0 Å². The third-order valence-corrected chi connectivity index (χ3v) is 6.78. The Morgan fingerprint density at radius 1 is 1.00 bits per heavy atom. The van der Waals surface area contributed by atoms with Gasteiger partial charge in [-0.25, -0.2) is 9.78 Å². The Kier molecular flexibility index (Phi) is 8.54. The number of benzene rings is 3. The number of urea groups is 1. The Labute approximate surface area is 220 Å². The van der Waals surface area contributed by atoms with E-state index in [1.807, 2.05) is 84.6 Å². The highest BCUT2D eigenvalue weighted by Crippen LogP contribution is 2.27. The minimum atomic E-state index is -0.381. The summed E-state index contributed by atoms with van der Waals surface area (Å²) in [5.41, 5.74) is 2.24. The van der Waals surface area contributed by atoms with Gasteiger partial charge in [0, 0.05) is 17.6 Å². The smallest absolute Gasteiger partial charge is 0.318 e. The summed E-state index contributed by atoms with van der Waals surface area (Å²) in [7, 11) is 0. The molecule has 1 heterocycles. The van der Waals surface area contributed by atoms with E-state index in [0.717, 1.165) is 28.6 Å². The predicted molar refractivity (Wildman–Crippen MR) is 148 cm³/mol. The highest BCUT2D eigenvalue weighted by molar-refractivity contribution is 9.10. The average Bonchev–Trinajstić information content (AvgIpc) is 2.91. The zero-order valence-corrected chi connectivity index (χ0v) is 22.2. The van der Waals surface area contributed by atoms with Crippen LogP contribution < -0.4 is 10.9 Å². The summed E-state index contributed by atoms with van der Waals surface area (Å²) < 4.78 is 2.58. The minimum Gasteiger partial charge on any atom is -0.334 e. The lowest BCUT2D eigenvalue weighted by Crippen LogP contribution is -2.44. The van der Waals surface area contributed by atoms with Gasteiger partial charge in [0.2, 0.25) is 0 Å². The lowest BCUT2D eigenvalue weighted by molar-refractivity contribution is 0.166. The zero-order chi connectivity index (χ0) is 25.5. The number of amides is 2. The van der Waals surface area contributed by atoms with Crippen molar-refractivity contribution in [3.63, 3.8) is 0 Å². The van der Waals surface area contributed by atoms with Crippen molar-refractivity contribution in [3.8, 4) is 5.69 Å². The van der Waals surface area contributed by atoms with Crippen LogP contribution in [0.25, 0.3) is 16.6 Å². The first-order chi connectivity index (χ1) is 17.5. The molecule has 1 atom stereocenters. The molecule has 0 radical (unpaired) electrons. The van der Waals surface area contributed by atoms with Gasteiger partial charge in [-0.05, 0) is 54.8 Å². The maximum atomic E-state index is 13.8. The highest BCUT2D eigenvalue weighted by atomic mass is 79.9. The van der Waals surface area contributed by atoms with E-state index in [1.54, 1.807) is 10.6 Å². The number of rotatable bonds is 9. The third kappa shape index (κ3) is 5.68. The van der Waals surface area contributed by atoms with Crippen molar-refractivity contribution in [2.75, 3.05) is 6.54 Å². The summed E-state index contributed by atoms with van der Waals surface area (Å²) >= 11 is 3.48. The summed E-state index contributed by atoms with van der Waals surface area (Å²) in [5.74, 6) is 0.564. The van der Waals surface area contributed by atoms with Gasteiger partial charge in [-0.1, -0.05) is 78.7 Å². The summed E-state index contributed by atoms with van der Waals surface area (Å²) in [6.45, 7) is 5.14. The van der Waals surface area contributed by atoms with Crippen molar-refractivity contribution in [2.45, 2.75) is 45.7 Å². The van der Waals surface area contributed by atoms with E-state index in [4.69, 9.17) is 4.98 Å². The van der Waals surface area contributed by atoms with E-state index < -0.39 is 0 Å². The van der Waals surface area contributed by atoms with Gasteiger partial charge in [-0.15, -0.1) is 0 Å². The van der Waals surface area contributed by atoms with Crippen LogP contribution in [0.2, 0.25) is 0 Å². The van der Waals surface area contributed by atoms with Crippen LogP contribution in [-0.4, -0.2) is 27.0 Å². The van der Waals surface area contributed by atoms with Gasteiger partial charge in [0.1, 0.15) is 5.82 Å². The van der Waals surface area contributed by atoms with E-state index in [1.165, 1.54) is 0 Å². The summed E-state index contributed by atoms with van der Waals surface area (Å²) in [6, 6.07) is 24.3. The standard InChI is InChI=1S/C29H31BrN4O2/c1-3-5-19-33(29(36)31-20-21-11-7-6-8-12-21)26(4-2)27-32-25-14-10-9-13-24(25)28(35)34(27)23-17-15-22(30)16-18-23/h6-18,26H,3-5,19-20H2,1-2H3,(H,31,36). The maximum Gasteiger partial charge on any atom is 0.318 e. The Bertz CT molecular complexity index is 1370. The first-order valence-corrected chi connectivity index (χ1v) is 13.2. The molecular weight excluding hydrogens is 516 g/mol. The quantitative estimate of drug-likeness (QED) is 0.256.